The monoisotopic (exact) mass is 293 g/mol. The Hall–Kier alpha value is -1.95. The average Bonchev–Trinajstić information content (AvgIpc) is 3.13. The van der Waals surface area contributed by atoms with Crippen molar-refractivity contribution in [2.24, 2.45) is 5.92 Å². The Morgan fingerprint density at radius 3 is 2.75 bits per heavy atom. The van der Waals surface area contributed by atoms with E-state index in [0.29, 0.717) is 15.0 Å². The molecule has 1 amide bonds. The predicted molar refractivity (Wildman–Crippen MR) is 73.4 cm³/mol. The summed E-state index contributed by atoms with van der Waals surface area (Å²) >= 11 is 1.16. The summed E-state index contributed by atoms with van der Waals surface area (Å²) in [5, 5.41) is 12.0. The summed E-state index contributed by atoms with van der Waals surface area (Å²) in [6.07, 6.45) is 1.64. The molecule has 0 aliphatic heterocycles. The van der Waals surface area contributed by atoms with E-state index in [-0.39, 0.29) is 11.7 Å². The van der Waals surface area contributed by atoms with Crippen LogP contribution in [0.3, 0.4) is 0 Å². The van der Waals surface area contributed by atoms with Crippen LogP contribution < -0.4 is 5.32 Å². The topological polar surface area (TPSA) is 66.4 Å². The minimum atomic E-state index is -1.02. The minimum Gasteiger partial charge on any atom is -0.480 e. The van der Waals surface area contributed by atoms with Crippen molar-refractivity contribution in [1.29, 1.82) is 0 Å². The van der Waals surface area contributed by atoms with E-state index in [2.05, 4.69) is 5.32 Å². The first-order chi connectivity index (χ1) is 9.56. The lowest BCUT2D eigenvalue weighted by atomic mass is 10.2. The molecule has 1 aromatic heterocycles. The molecular formula is C14H12FNO3S. The van der Waals surface area contributed by atoms with E-state index in [4.69, 9.17) is 5.11 Å². The zero-order chi connectivity index (χ0) is 14.3. The van der Waals surface area contributed by atoms with Gasteiger partial charge < -0.3 is 10.4 Å². The van der Waals surface area contributed by atoms with Crippen LogP contribution >= 0.6 is 11.3 Å². The van der Waals surface area contributed by atoms with E-state index in [1.807, 2.05) is 0 Å². The Labute approximate surface area is 118 Å². The molecule has 1 aliphatic rings. The van der Waals surface area contributed by atoms with Gasteiger partial charge in [0.25, 0.3) is 5.91 Å². The molecule has 2 N–H and O–H groups in total. The highest BCUT2D eigenvalue weighted by Crippen LogP contribution is 2.33. The van der Waals surface area contributed by atoms with Crippen molar-refractivity contribution < 1.29 is 19.1 Å². The quantitative estimate of drug-likeness (QED) is 0.910. The number of amides is 1. The summed E-state index contributed by atoms with van der Waals surface area (Å²) in [7, 11) is 0. The SMILES string of the molecule is O=C(NC(C(=O)O)C1CC1)c1cc2c(F)cccc2s1. The van der Waals surface area contributed by atoms with Crippen LogP contribution in [-0.4, -0.2) is 23.0 Å². The smallest absolute Gasteiger partial charge is 0.326 e. The van der Waals surface area contributed by atoms with Gasteiger partial charge in [0.15, 0.2) is 0 Å². The summed E-state index contributed by atoms with van der Waals surface area (Å²) in [5.74, 6) is -1.84. The molecule has 1 atom stereocenters. The lowest BCUT2D eigenvalue weighted by Gasteiger charge is -2.12. The van der Waals surface area contributed by atoms with Gasteiger partial charge in [-0.05, 0) is 37.0 Å². The number of aliphatic carboxylic acids is 1. The number of halogens is 1. The second-order valence-electron chi connectivity index (χ2n) is 4.89. The summed E-state index contributed by atoms with van der Waals surface area (Å²) in [4.78, 5) is 23.5. The Kier molecular flexibility index (Phi) is 3.17. The minimum absolute atomic E-state index is 0.0163. The van der Waals surface area contributed by atoms with Crippen LogP contribution in [0.1, 0.15) is 22.5 Å². The second-order valence-corrected chi connectivity index (χ2v) is 5.97. The van der Waals surface area contributed by atoms with E-state index in [1.54, 1.807) is 12.1 Å². The number of carboxylic acids is 1. The number of carboxylic acid groups (broad SMARTS) is 1. The number of benzene rings is 1. The van der Waals surface area contributed by atoms with E-state index >= 15 is 0 Å². The molecule has 2 aromatic rings. The van der Waals surface area contributed by atoms with Crippen molar-refractivity contribution >= 4 is 33.3 Å². The molecule has 4 nitrogen and oxygen atoms in total. The lowest BCUT2D eigenvalue weighted by Crippen LogP contribution is -2.42. The maximum atomic E-state index is 13.6. The average molecular weight is 293 g/mol. The molecule has 20 heavy (non-hydrogen) atoms. The maximum Gasteiger partial charge on any atom is 0.326 e. The highest BCUT2D eigenvalue weighted by Gasteiger charge is 2.37. The van der Waals surface area contributed by atoms with Crippen LogP contribution in [0.4, 0.5) is 4.39 Å². The van der Waals surface area contributed by atoms with Crippen LogP contribution in [0, 0.1) is 11.7 Å². The van der Waals surface area contributed by atoms with Gasteiger partial charge in [0.1, 0.15) is 11.9 Å². The van der Waals surface area contributed by atoms with Gasteiger partial charge in [0.2, 0.25) is 0 Å². The lowest BCUT2D eigenvalue weighted by molar-refractivity contribution is -0.139. The van der Waals surface area contributed by atoms with E-state index in [0.717, 1.165) is 24.2 Å². The van der Waals surface area contributed by atoms with Crippen LogP contribution in [0.2, 0.25) is 0 Å². The van der Waals surface area contributed by atoms with Gasteiger partial charge in [-0.25, -0.2) is 9.18 Å². The van der Waals surface area contributed by atoms with Crippen molar-refractivity contribution in [3.8, 4) is 0 Å². The Morgan fingerprint density at radius 2 is 2.15 bits per heavy atom. The van der Waals surface area contributed by atoms with Crippen LogP contribution in [0.5, 0.6) is 0 Å². The zero-order valence-electron chi connectivity index (χ0n) is 10.4. The number of fused-ring (bicyclic) bond motifs is 1. The first kappa shape index (κ1) is 13.1. The number of carbonyl (C=O) groups excluding carboxylic acids is 1. The van der Waals surface area contributed by atoms with Crippen molar-refractivity contribution in [3.05, 3.63) is 35.0 Å². The first-order valence-corrected chi connectivity index (χ1v) is 7.09. The number of carbonyl (C=O) groups is 2. The molecule has 1 aromatic carbocycles. The first-order valence-electron chi connectivity index (χ1n) is 6.28. The fourth-order valence-corrected chi connectivity index (χ4v) is 3.14. The summed E-state index contributed by atoms with van der Waals surface area (Å²) in [6, 6.07) is 5.27. The molecule has 1 saturated carbocycles. The zero-order valence-corrected chi connectivity index (χ0v) is 11.2. The number of rotatable bonds is 4. The van der Waals surface area contributed by atoms with Crippen molar-refractivity contribution in [2.45, 2.75) is 18.9 Å². The summed E-state index contributed by atoms with van der Waals surface area (Å²) in [6.45, 7) is 0. The van der Waals surface area contributed by atoms with Gasteiger partial charge in [-0.1, -0.05) is 6.07 Å². The number of hydrogen-bond acceptors (Lipinski definition) is 3. The molecule has 0 saturated heterocycles. The van der Waals surface area contributed by atoms with Crippen molar-refractivity contribution in [1.82, 2.24) is 5.32 Å². The van der Waals surface area contributed by atoms with Crippen LogP contribution in [0.15, 0.2) is 24.3 Å². The molecule has 3 rings (SSSR count). The normalized spacial score (nSPS) is 16.1. The fraction of sp³-hybridized carbons (Fsp3) is 0.286. The van der Waals surface area contributed by atoms with Crippen LogP contribution in [0.25, 0.3) is 10.1 Å². The predicted octanol–water partition coefficient (Wildman–Crippen LogP) is 2.63. The molecule has 1 heterocycles. The van der Waals surface area contributed by atoms with E-state index in [9.17, 15) is 14.0 Å². The van der Waals surface area contributed by atoms with Gasteiger partial charge in [-0.15, -0.1) is 11.3 Å². The number of thiophene rings is 1. The highest BCUT2D eigenvalue weighted by atomic mass is 32.1. The van der Waals surface area contributed by atoms with Gasteiger partial charge in [-0.3, -0.25) is 4.79 Å². The van der Waals surface area contributed by atoms with Crippen LogP contribution in [-0.2, 0) is 4.79 Å². The van der Waals surface area contributed by atoms with Gasteiger partial charge in [-0.2, -0.15) is 0 Å². The Balaban J connectivity index is 1.85. The van der Waals surface area contributed by atoms with Gasteiger partial charge in [0, 0.05) is 10.1 Å². The molecule has 1 aliphatic carbocycles. The summed E-state index contributed by atoms with van der Waals surface area (Å²) < 4.78 is 14.2. The highest BCUT2D eigenvalue weighted by molar-refractivity contribution is 7.20. The Morgan fingerprint density at radius 1 is 1.40 bits per heavy atom. The van der Waals surface area contributed by atoms with E-state index in [1.165, 1.54) is 12.1 Å². The number of hydrogen-bond donors (Lipinski definition) is 2. The maximum absolute atomic E-state index is 13.6. The van der Waals surface area contributed by atoms with Gasteiger partial charge >= 0.3 is 5.97 Å². The van der Waals surface area contributed by atoms with Gasteiger partial charge in [0.05, 0.1) is 4.88 Å². The Bertz CT molecular complexity index is 693. The summed E-state index contributed by atoms with van der Waals surface area (Å²) in [5.41, 5.74) is 0. The van der Waals surface area contributed by atoms with Crippen molar-refractivity contribution in [2.75, 3.05) is 0 Å². The molecule has 104 valence electrons. The number of nitrogens with one attached hydrogen (secondary N) is 1. The molecule has 1 unspecified atom stereocenters. The molecular weight excluding hydrogens is 281 g/mol. The molecule has 6 heteroatoms. The van der Waals surface area contributed by atoms with Crippen molar-refractivity contribution in [3.63, 3.8) is 0 Å². The molecule has 1 fully saturated rings. The molecule has 0 bridgehead atoms. The molecule has 0 radical (unpaired) electrons. The standard InChI is InChI=1S/C14H12FNO3S/c15-9-2-1-3-10-8(9)6-11(20-10)13(17)16-12(14(18)19)7-4-5-7/h1-3,6-7,12H,4-5H2,(H,16,17)(H,18,19). The largest absolute Gasteiger partial charge is 0.480 e. The second kappa shape index (κ2) is 4.86. The third-order valence-corrected chi connectivity index (χ3v) is 4.48. The third kappa shape index (κ3) is 2.38. The van der Waals surface area contributed by atoms with E-state index < -0.39 is 17.9 Å². The third-order valence-electron chi connectivity index (χ3n) is 3.38. The fourth-order valence-electron chi connectivity index (χ4n) is 2.16. The molecule has 0 spiro atoms.